The van der Waals surface area contributed by atoms with Crippen molar-refractivity contribution >= 4 is 28.9 Å². The lowest BCUT2D eigenvalue weighted by Gasteiger charge is -2.12. The van der Waals surface area contributed by atoms with Crippen LogP contribution in [0.25, 0.3) is 0 Å². The van der Waals surface area contributed by atoms with Crippen molar-refractivity contribution in [2.24, 2.45) is 0 Å². The molecule has 0 spiro atoms. The molecule has 2 aromatic carbocycles. The molecular formula is C16H13F3N4O4. The van der Waals surface area contributed by atoms with E-state index < -0.39 is 28.3 Å². The van der Waals surface area contributed by atoms with Crippen LogP contribution < -0.4 is 16.2 Å². The van der Waals surface area contributed by atoms with Crippen LogP contribution in [-0.2, 0) is 11.0 Å². The fraction of sp³-hybridized carbons (Fsp3) is 0.125. The first-order valence-corrected chi connectivity index (χ1v) is 7.37. The molecular weight excluding hydrogens is 369 g/mol. The second-order valence-electron chi connectivity index (χ2n) is 5.33. The third-order valence-electron chi connectivity index (χ3n) is 3.28. The molecule has 3 N–H and O–H groups in total. The first-order chi connectivity index (χ1) is 12.6. The van der Waals surface area contributed by atoms with E-state index in [0.29, 0.717) is 17.8 Å². The number of nitro groups is 1. The van der Waals surface area contributed by atoms with Crippen LogP contribution in [0.1, 0.15) is 22.8 Å². The van der Waals surface area contributed by atoms with Gasteiger partial charge in [0.2, 0.25) is 5.91 Å². The molecule has 0 fully saturated rings. The van der Waals surface area contributed by atoms with Crippen molar-refractivity contribution in [1.29, 1.82) is 0 Å². The third kappa shape index (κ3) is 5.17. The van der Waals surface area contributed by atoms with E-state index in [-0.39, 0.29) is 17.2 Å². The molecule has 2 aromatic rings. The lowest BCUT2D eigenvalue weighted by molar-refractivity contribution is -0.384. The highest BCUT2D eigenvalue weighted by Crippen LogP contribution is 2.34. The average Bonchev–Trinajstić information content (AvgIpc) is 2.58. The Morgan fingerprint density at radius 1 is 1.11 bits per heavy atom. The van der Waals surface area contributed by atoms with Crippen LogP contribution in [0.3, 0.4) is 0 Å². The van der Waals surface area contributed by atoms with Gasteiger partial charge in [0.15, 0.2) is 0 Å². The van der Waals surface area contributed by atoms with Crippen molar-refractivity contribution in [3.05, 3.63) is 63.7 Å². The summed E-state index contributed by atoms with van der Waals surface area (Å²) in [7, 11) is 0. The largest absolute Gasteiger partial charge is 0.416 e. The second-order valence-corrected chi connectivity index (χ2v) is 5.33. The Morgan fingerprint density at radius 3 is 2.41 bits per heavy atom. The minimum Gasteiger partial charge on any atom is -0.326 e. The number of hydrazine groups is 1. The zero-order valence-corrected chi connectivity index (χ0v) is 13.8. The molecule has 8 nitrogen and oxygen atoms in total. The SMILES string of the molecule is CC(=O)Nc1cccc(C(=O)NNc2ccc(C(F)(F)F)cc2[N+](=O)[O-])c1. The summed E-state index contributed by atoms with van der Waals surface area (Å²) in [5.74, 6) is -1.05. The number of hydrogen-bond donors (Lipinski definition) is 3. The average molecular weight is 382 g/mol. The summed E-state index contributed by atoms with van der Waals surface area (Å²) in [4.78, 5) is 33.2. The maximum atomic E-state index is 12.7. The molecule has 142 valence electrons. The van der Waals surface area contributed by atoms with E-state index in [0.717, 1.165) is 6.07 Å². The number of nitrogens with one attached hydrogen (secondary N) is 3. The molecule has 2 amide bonds. The minimum atomic E-state index is -4.74. The van der Waals surface area contributed by atoms with E-state index in [1.165, 1.54) is 25.1 Å². The zero-order chi connectivity index (χ0) is 20.2. The molecule has 0 bridgehead atoms. The molecule has 2 rings (SSSR count). The summed E-state index contributed by atoms with van der Waals surface area (Å²) in [5, 5.41) is 13.5. The standard InChI is InChI=1S/C16H13F3N4O4/c1-9(24)20-12-4-2-3-10(7-12)15(25)22-21-13-6-5-11(16(17,18)19)8-14(13)23(26)27/h2-8,21H,1H3,(H,20,24)(H,22,25). The van der Waals surface area contributed by atoms with Gasteiger partial charge in [0.1, 0.15) is 5.69 Å². The number of alkyl halides is 3. The first-order valence-electron chi connectivity index (χ1n) is 7.37. The first kappa shape index (κ1) is 19.7. The van der Waals surface area contributed by atoms with Crippen molar-refractivity contribution in [1.82, 2.24) is 5.43 Å². The van der Waals surface area contributed by atoms with Gasteiger partial charge in [-0.2, -0.15) is 13.2 Å². The van der Waals surface area contributed by atoms with Gasteiger partial charge in [-0.3, -0.25) is 30.6 Å². The highest BCUT2D eigenvalue weighted by Gasteiger charge is 2.33. The van der Waals surface area contributed by atoms with Crippen LogP contribution in [0.15, 0.2) is 42.5 Å². The van der Waals surface area contributed by atoms with Gasteiger partial charge in [-0.1, -0.05) is 6.07 Å². The van der Waals surface area contributed by atoms with E-state index in [9.17, 15) is 32.9 Å². The smallest absolute Gasteiger partial charge is 0.326 e. The Morgan fingerprint density at radius 2 is 1.81 bits per heavy atom. The van der Waals surface area contributed by atoms with Gasteiger partial charge in [0.05, 0.1) is 10.5 Å². The number of rotatable bonds is 5. The van der Waals surface area contributed by atoms with Crippen LogP contribution in [-0.4, -0.2) is 16.7 Å². The number of anilines is 2. The number of carbonyl (C=O) groups is 2. The lowest BCUT2D eigenvalue weighted by atomic mass is 10.1. The van der Waals surface area contributed by atoms with Gasteiger partial charge in [-0.25, -0.2) is 0 Å². The lowest BCUT2D eigenvalue weighted by Crippen LogP contribution is -2.29. The summed E-state index contributed by atoms with van der Waals surface area (Å²) >= 11 is 0. The molecule has 0 aromatic heterocycles. The van der Waals surface area contributed by atoms with Crippen molar-refractivity contribution in [2.75, 3.05) is 10.7 Å². The molecule has 0 radical (unpaired) electrons. The fourth-order valence-electron chi connectivity index (χ4n) is 2.10. The molecule has 0 aliphatic rings. The number of nitro benzene ring substituents is 1. The Balaban J connectivity index is 2.17. The predicted octanol–water partition coefficient (Wildman–Crippen LogP) is 3.33. The number of carbonyl (C=O) groups excluding carboxylic acids is 2. The van der Waals surface area contributed by atoms with Crippen LogP contribution in [0.5, 0.6) is 0 Å². The van der Waals surface area contributed by atoms with Crippen LogP contribution in [0, 0.1) is 10.1 Å². The molecule has 11 heteroatoms. The molecule has 0 saturated carbocycles. The topological polar surface area (TPSA) is 113 Å². The van der Waals surface area contributed by atoms with E-state index in [2.05, 4.69) is 16.2 Å². The van der Waals surface area contributed by atoms with E-state index in [1.54, 1.807) is 6.07 Å². The summed E-state index contributed by atoms with van der Waals surface area (Å²) < 4.78 is 38.1. The van der Waals surface area contributed by atoms with Crippen LogP contribution in [0.2, 0.25) is 0 Å². The van der Waals surface area contributed by atoms with Crippen LogP contribution in [0.4, 0.5) is 30.2 Å². The monoisotopic (exact) mass is 382 g/mol. The number of nitrogens with zero attached hydrogens (tertiary/aromatic N) is 1. The minimum absolute atomic E-state index is 0.114. The van der Waals surface area contributed by atoms with Crippen molar-refractivity contribution in [3.8, 4) is 0 Å². The van der Waals surface area contributed by atoms with Gasteiger partial charge in [0, 0.05) is 24.2 Å². The van der Waals surface area contributed by atoms with E-state index in [4.69, 9.17) is 0 Å². The van der Waals surface area contributed by atoms with Gasteiger partial charge in [0.25, 0.3) is 11.6 Å². The molecule has 27 heavy (non-hydrogen) atoms. The molecule has 0 saturated heterocycles. The Bertz CT molecular complexity index is 899. The molecule has 0 atom stereocenters. The Hall–Kier alpha value is -3.63. The number of benzene rings is 2. The summed E-state index contributed by atoms with van der Waals surface area (Å²) in [6, 6.07) is 7.69. The van der Waals surface area contributed by atoms with Gasteiger partial charge in [-0.05, 0) is 30.3 Å². The van der Waals surface area contributed by atoms with Gasteiger partial charge >= 0.3 is 6.18 Å². The van der Waals surface area contributed by atoms with E-state index >= 15 is 0 Å². The summed E-state index contributed by atoms with van der Waals surface area (Å²) in [5.41, 5.74) is 2.51. The summed E-state index contributed by atoms with van der Waals surface area (Å²) in [6.45, 7) is 1.29. The Labute approximate surface area is 150 Å². The quantitative estimate of drug-likeness (QED) is 0.542. The van der Waals surface area contributed by atoms with Gasteiger partial charge < -0.3 is 5.32 Å². The van der Waals surface area contributed by atoms with E-state index in [1.807, 2.05) is 0 Å². The summed E-state index contributed by atoms with van der Waals surface area (Å²) in [6.07, 6.45) is -4.74. The van der Waals surface area contributed by atoms with Gasteiger partial charge in [-0.15, -0.1) is 0 Å². The maximum absolute atomic E-state index is 12.7. The highest BCUT2D eigenvalue weighted by atomic mass is 19.4. The van der Waals surface area contributed by atoms with Crippen molar-refractivity contribution < 1.29 is 27.7 Å². The third-order valence-corrected chi connectivity index (χ3v) is 3.28. The fourth-order valence-corrected chi connectivity index (χ4v) is 2.10. The zero-order valence-electron chi connectivity index (χ0n) is 13.8. The maximum Gasteiger partial charge on any atom is 0.416 e. The molecule has 0 aliphatic carbocycles. The number of halogens is 3. The molecule has 0 unspecified atom stereocenters. The van der Waals surface area contributed by atoms with Crippen LogP contribution >= 0.6 is 0 Å². The predicted molar refractivity (Wildman–Crippen MR) is 89.9 cm³/mol. The number of amides is 2. The Kier molecular flexibility index (Phi) is 5.63. The second kappa shape index (κ2) is 7.72. The van der Waals surface area contributed by atoms with Crippen molar-refractivity contribution in [3.63, 3.8) is 0 Å². The highest BCUT2D eigenvalue weighted by molar-refractivity contribution is 5.97. The normalized spacial score (nSPS) is 10.8. The molecule has 0 heterocycles. The number of hydrogen-bond acceptors (Lipinski definition) is 5. The van der Waals surface area contributed by atoms with Crippen molar-refractivity contribution in [2.45, 2.75) is 13.1 Å². The molecule has 0 aliphatic heterocycles.